The molecule has 4 aliphatic heterocycles. The number of hydrogen-bond donors (Lipinski definition) is 0. The Morgan fingerprint density at radius 2 is 0.488 bits per heavy atom. The van der Waals surface area contributed by atoms with Crippen molar-refractivity contribution in [2.24, 2.45) is 20.0 Å². The maximum absolute atomic E-state index is 6.30. The van der Waals surface area contributed by atoms with Crippen LogP contribution < -0.4 is 10.9 Å². The Morgan fingerprint density at radius 3 is 0.744 bits per heavy atom. The highest BCUT2D eigenvalue weighted by Crippen LogP contribution is 2.40. The smallest absolute Gasteiger partial charge is 0.399 e. The van der Waals surface area contributed by atoms with E-state index >= 15 is 0 Å². The quantitative estimate of drug-likeness (QED) is 0.140. The van der Waals surface area contributed by atoms with E-state index in [0.717, 1.165) is 124 Å². The normalized spacial score (nSPS) is 16.8. The van der Waals surface area contributed by atoms with Crippen molar-refractivity contribution in [1.82, 2.24) is 9.97 Å². The lowest BCUT2D eigenvalue weighted by atomic mass is 9.78. The van der Waals surface area contributed by atoms with Gasteiger partial charge in [-0.05, 0) is 115 Å². The van der Waals surface area contributed by atoms with Crippen LogP contribution >= 0.6 is 0 Å². The van der Waals surface area contributed by atoms with Gasteiger partial charge < -0.3 is 18.6 Å². The molecule has 8 aromatic carbocycles. The molecule has 10 aromatic rings. The van der Waals surface area contributed by atoms with Crippen LogP contribution in [0.3, 0.4) is 0 Å². The first kappa shape index (κ1) is 55.9. The average Bonchev–Trinajstić information content (AvgIpc) is 1.99. The molecule has 0 amide bonds. The largest absolute Gasteiger partial charge is 0.494 e. The van der Waals surface area contributed by atoms with E-state index in [0.29, 0.717) is 0 Å². The van der Waals surface area contributed by atoms with Crippen LogP contribution in [0.4, 0.5) is 22.7 Å². The second kappa shape index (κ2) is 22.6. The monoisotopic (exact) mass is 1120 g/mol. The number of hydrogen-bond acceptors (Lipinski definition) is 10. The summed E-state index contributed by atoms with van der Waals surface area (Å²) in [6.07, 6.45) is 3.63. The third kappa shape index (κ3) is 10.9. The highest BCUT2D eigenvalue weighted by Gasteiger charge is 2.53. The van der Waals surface area contributed by atoms with E-state index in [2.05, 4.69) is 211 Å². The highest BCUT2D eigenvalue weighted by atomic mass is 16.7. The van der Waals surface area contributed by atoms with Crippen molar-refractivity contribution in [3.8, 4) is 22.5 Å². The molecule has 0 spiro atoms. The van der Waals surface area contributed by atoms with Crippen molar-refractivity contribution in [2.75, 3.05) is 0 Å². The van der Waals surface area contributed by atoms with Crippen LogP contribution in [-0.2, 0) is 18.6 Å². The van der Waals surface area contributed by atoms with Crippen LogP contribution in [0, 0.1) is 0 Å². The minimum absolute atomic E-state index is 0.398. The molecular weight excluding hydrogens is 1060 g/mol. The van der Waals surface area contributed by atoms with Gasteiger partial charge in [0, 0.05) is 68.0 Å². The number of fused-ring (bicyclic) bond motifs is 4. The number of pyridine rings is 2. The van der Waals surface area contributed by atoms with Gasteiger partial charge in [-0.3, -0.25) is 9.97 Å². The minimum atomic E-state index is -0.422. The Labute approximate surface area is 504 Å². The van der Waals surface area contributed by atoms with Crippen molar-refractivity contribution in [3.05, 3.63) is 287 Å². The Kier molecular flexibility index (Phi) is 14.7. The molecule has 14 rings (SSSR count). The number of nitrogens with zero attached hydrogens (tertiary/aromatic N) is 6. The van der Waals surface area contributed by atoms with Crippen LogP contribution in [-0.4, -0.2) is 69.5 Å². The third-order valence-corrected chi connectivity index (χ3v) is 17.2. The van der Waals surface area contributed by atoms with Gasteiger partial charge in [0.05, 0.1) is 79.4 Å². The molecule has 86 heavy (non-hydrogen) atoms. The van der Waals surface area contributed by atoms with Crippen molar-refractivity contribution >= 4 is 70.8 Å². The molecule has 0 saturated carbocycles. The van der Waals surface area contributed by atoms with Gasteiger partial charge in [0.25, 0.3) is 0 Å². The molecule has 4 aliphatic rings. The molecule has 0 unspecified atom stereocenters. The van der Waals surface area contributed by atoms with Crippen LogP contribution in [0.1, 0.15) is 99.9 Å². The zero-order chi connectivity index (χ0) is 59.2. The molecule has 6 heterocycles. The lowest BCUT2D eigenvalue weighted by molar-refractivity contribution is 0.00578. The summed E-state index contributed by atoms with van der Waals surface area (Å²) in [6.45, 7) is 16.6. The standard InChI is InChI=1S/C38H40B2N2O4.C36H24N4/c1-35(2)36(3,4)44-39(43-35)27-21-17-25(18-22-27)33-29-13-9-11-15-31(29)42-34(30-14-10-12-16-32(30)41-33)26-19-23-28(24-20-26)40-45-37(5,6)38(7,8)46-40;1-3-13-33-29(9-1)35(27-19-15-25(16-20-27)31-11-5-7-23-37-31)40-34-14-4-2-10-30(34)36(39-33)28-21-17-26(18-22-28)32-12-6-8-24-38-32/h9-24H,1-8H3;1-24H. The molecule has 0 radical (unpaired) electrons. The van der Waals surface area contributed by atoms with E-state index in [1.54, 1.807) is 0 Å². The van der Waals surface area contributed by atoms with Crippen molar-refractivity contribution in [3.63, 3.8) is 0 Å². The van der Waals surface area contributed by atoms with Gasteiger partial charge in [0.15, 0.2) is 0 Å². The topological polar surface area (TPSA) is 112 Å². The third-order valence-electron chi connectivity index (χ3n) is 17.2. The summed E-state index contributed by atoms with van der Waals surface area (Å²) in [7, 11) is -0.843. The fraction of sp³-hybridized carbons (Fsp3) is 0.162. The van der Waals surface area contributed by atoms with Crippen molar-refractivity contribution in [2.45, 2.75) is 77.8 Å². The van der Waals surface area contributed by atoms with Crippen molar-refractivity contribution in [1.29, 1.82) is 0 Å². The first-order valence-electron chi connectivity index (χ1n) is 29.3. The van der Waals surface area contributed by atoms with Gasteiger partial charge in [0.1, 0.15) is 0 Å². The molecule has 0 atom stereocenters. The summed E-state index contributed by atoms with van der Waals surface area (Å²) in [5.74, 6) is 0. The van der Waals surface area contributed by atoms with E-state index in [-0.39, 0.29) is 0 Å². The summed E-state index contributed by atoms with van der Waals surface area (Å²) < 4.78 is 25.2. The molecule has 12 heteroatoms. The van der Waals surface area contributed by atoms with E-state index in [1.165, 1.54) is 0 Å². The maximum Gasteiger partial charge on any atom is 0.494 e. The highest BCUT2D eigenvalue weighted by molar-refractivity contribution is 6.62. The van der Waals surface area contributed by atoms with Gasteiger partial charge in [0.2, 0.25) is 0 Å². The van der Waals surface area contributed by atoms with Gasteiger partial charge in [-0.1, -0.05) is 182 Å². The van der Waals surface area contributed by atoms with Crippen LogP contribution in [0.5, 0.6) is 0 Å². The fourth-order valence-electron chi connectivity index (χ4n) is 10.9. The molecule has 2 aromatic heterocycles. The number of benzene rings is 8. The lowest BCUT2D eigenvalue weighted by Crippen LogP contribution is -2.41. The van der Waals surface area contributed by atoms with Gasteiger partial charge in [-0.15, -0.1) is 0 Å². The van der Waals surface area contributed by atoms with E-state index in [1.807, 2.05) is 97.3 Å². The number of aliphatic imine (C=N–C) groups is 4. The van der Waals surface area contributed by atoms with Crippen LogP contribution in [0.2, 0.25) is 0 Å². The van der Waals surface area contributed by atoms with E-state index in [9.17, 15) is 0 Å². The lowest BCUT2D eigenvalue weighted by Gasteiger charge is -2.32. The summed E-state index contributed by atoms with van der Waals surface area (Å²) in [5.41, 5.74) is 19.3. The molecule has 2 fully saturated rings. The minimum Gasteiger partial charge on any atom is -0.399 e. The SMILES string of the molecule is CC1(C)OB(c2ccc(C3=Nc4ccccc4C(c4ccc(B5OC(C)(C)C(C)(C)O5)cc4)=Nc4ccccc43)cc2)OC1(C)C.c1ccc(-c2ccc(C3=Nc4ccccc4C(c4ccc(-c5ccccn5)cc4)=Nc4ccccc43)cc2)nc1. The van der Waals surface area contributed by atoms with Gasteiger partial charge in [-0.2, -0.15) is 0 Å². The zero-order valence-corrected chi connectivity index (χ0v) is 49.6. The molecule has 420 valence electrons. The summed E-state index contributed by atoms with van der Waals surface area (Å²) in [6, 6.07) is 78.3. The Hall–Kier alpha value is -9.29. The Morgan fingerprint density at radius 1 is 0.256 bits per heavy atom. The van der Waals surface area contributed by atoms with Gasteiger partial charge in [-0.25, -0.2) is 20.0 Å². The van der Waals surface area contributed by atoms with Crippen LogP contribution in [0.15, 0.2) is 263 Å². The molecule has 2 saturated heterocycles. The average molecular weight is 1120 g/mol. The zero-order valence-electron chi connectivity index (χ0n) is 49.6. The number of para-hydroxylation sites is 4. The molecule has 0 bridgehead atoms. The van der Waals surface area contributed by atoms with Gasteiger partial charge >= 0.3 is 14.2 Å². The molecule has 0 aliphatic carbocycles. The van der Waals surface area contributed by atoms with E-state index < -0.39 is 36.6 Å². The first-order chi connectivity index (χ1) is 41.6. The summed E-state index contributed by atoms with van der Waals surface area (Å²) in [4.78, 5) is 30.1. The first-order valence-corrected chi connectivity index (χ1v) is 29.3. The number of rotatable bonds is 8. The fourth-order valence-corrected chi connectivity index (χ4v) is 10.9. The molecule has 10 nitrogen and oxygen atoms in total. The molecule has 0 N–H and O–H groups in total. The van der Waals surface area contributed by atoms with Crippen molar-refractivity contribution < 1.29 is 18.6 Å². The Balaban J connectivity index is 0.000000161. The predicted molar refractivity (Wildman–Crippen MR) is 351 cm³/mol. The Bertz CT molecular complexity index is 3970. The number of aromatic nitrogens is 2. The second-order valence-corrected chi connectivity index (χ2v) is 23.9. The predicted octanol–water partition coefficient (Wildman–Crippen LogP) is 15.4. The maximum atomic E-state index is 6.30. The molecular formula is C74H64B2N6O4. The van der Waals surface area contributed by atoms with Crippen LogP contribution in [0.25, 0.3) is 22.5 Å². The summed E-state index contributed by atoms with van der Waals surface area (Å²) >= 11 is 0. The second-order valence-electron chi connectivity index (χ2n) is 23.9. The van der Waals surface area contributed by atoms with E-state index in [4.69, 9.17) is 38.6 Å². The summed E-state index contributed by atoms with van der Waals surface area (Å²) in [5, 5.41) is 0.